The average Bonchev–Trinajstić information content (AvgIpc) is 2.62. The minimum atomic E-state index is -0.866. The van der Waals surface area contributed by atoms with Crippen LogP contribution in [0.5, 0.6) is 11.5 Å². The number of carbonyl (C=O) groups excluding carboxylic acids is 2. The molecule has 0 saturated heterocycles. The van der Waals surface area contributed by atoms with E-state index in [2.05, 4.69) is 4.74 Å². The monoisotopic (exact) mass is 328 g/mol. The molecule has 5 nitrogen and oxygen atoms in total. The molecule has 5 heteroatoms. The largest absolute Gasteiger partial charge is 0.513 e. The zero-order valence-electron chi connectivity index (χ0n) is 14.0. The van der Waals surface area contributed by atoms with Crippen molar-refractivity contribution in [3.8, 4) is 11.5 Å². The molecule has 2 rings (SSSR count). The van der Waals surface area contributed by atoms with Gasteiger partial charge in [-0.15, -0.1) is 0 Å². The lowest BCUT2D eigenvalue weighted by Gasteiger charge is -2.14. The molecular formula is C19H20O5. The minimum Gasteiger partial charge on any atom is -0.493 e. The first-order valence-electron chi connectivity index (χ1n) is 7.67. The smallest absolute Gasteiger partial charge is 0.493 e. The Labute approximate surface area is 141 Å². The summed E-state index contributed by atoms with van der Waals surface area (Å²) in [6.07, 6.45) is 0.715. The summed E-state index contributed by atoms with van der Waals surface area (Å²) in [7, 11) is 2.70. The number of carbonyl (C=O) groups is 2. The van der Waals surface area contributed by atoms with Crippen LogP contribution >= 0.6 is 0 Å². The van der Waals surface area contributed by atoms with Gasteiger partial charge in [-0.3, -0.25) is 4.79 Å². The maximum atomic E-state index is 12.8. The Morgan fingerprint density at radius 2 is 1.71 bits per heavy atom. The molecule has 24 heavy (non-hydrogen) atoms. The van der Waals surface area contributed by atoms with E-state index in [1.54, 1.807) is 18.2 Å². The van der Waals surface area contributed by atoms with Crippen molar-refractivity contribution < 1.29 is 23.8 Å². The molecule has 0 heterocycles. The highest BCUT2D eigenvalue weighted by molar-refractivity contribution is 6.10. The number of methoxy groups -OCH3 is 2. The molecule has 0 fully saturated rings. The molecule has 0 aliphatic rings. The van der Waals surface area contributed by atoms with Gasteiger partial charge in [0.25, 0.3) is 0 Å². The van der Waals surface area contributed by atoms with Gasteiger partial charge in [0.1, 0.15) is 0 Å². The number of benzene rings is 2. The van der Waals surface area contributed by atoms with E-state index in [4.69, 9.17) is 9.47 Å². The van der Waals surface area contributed by atoms with E-state index in [1.165, 1.54) is 20.3 Å². The molecule has 0 aliphatic heterocycles. The molecule has 0 spiro atoms. The minimum absolute atomic E-state index is 0.128. The molecule has 0 N–H and O–H groups in total. The fourth-order valence-electron chi connectivity index (χ4n) is 2.41. The molecule has 0 bridgehead atoms. The Kier molecular flexibility index (Phi) is 5.95. The highest BCUT2D eigenvalue weighted by Gasteiger charge is 2.19. The summed E-state index contributed by atoms with van der Waals surface area (Å²) < 4.78 is 14.9. The van der Waals surface area contributed by atoms with Crippen molar-refractivity contribution in [3.05, 3.63) is 59.2 Å². The average molecular weight is 328 g/mol. The second kappa shape index (κ2) is 8.15. The van der Waals surface area contributed by atoms with E-state index >= 15 is 0 Å². The quantitative estimate of drug-likeness (QED) is 0.455. The molecule has 0 aromatic heterocycles. The predicted molar refractivity (Wildman–Crippen MR) is 89.9 cm³/mol. The summed E-state index contributed by atoms with van der Waals surface area (Å²) in [5.41, 5.74) is 1.91. The summed E-state index contributed by atoms with van der Waals surface area (Å²) in [5, 5.41) is 0. The third kappa shape index (κ3) is 3.93. The van der Waals surface area contributed by atoms with Gasteiger partial charge in [-0.25, -0.2) is 4.79 Å². The molecule has 0 saturated carbocycles. The highest BCUT2D eigenvalue weighted by Crippen LogP contribution is 2.33. The van der Waals surface area contributed by atoms with Gasteiger partial charge < -0.3 is 14.2 Å². The van der Waals surface area contributed by atoms with Crippen LogP contribution in [0.1, 0.15) is 34.8 Å². The van der Waals surface area contributed by atoms with Crippen LogP contribution in [-0.2, 0) is 11.2 Å². The van der Waals surface area contributed by atoms with Crippen molar-refractivity contribution in [3.63, 3.8) is 0 Å². The number of rotatable bonds is 6. The first kappa shape index (κ1) is 17.5. The van der Waals surface area contributed by atoms with Gasteiger partial charge >= 0.3 is 6.16 Å². The summed E-state index contributed by atoms with van der Waals surface area (Å²) in [6.45, 7) is 2.03. The Bertz CT molecular complexity index is 722. The maximum absolute atomic E-state index is 12.8. The lowest BCUT2D eigenvalue weighted by atomic mass is 9.95. The van der Waals surface area contributed by atoms with E-state index in [9.17, 15) is 9.59 Å². The third-order valence-corrected chi connectivity index (χ3v) is 3.55. The van der Waals surface area contributed by atoms with Crippen LogP contribution in [0.15, 0.2) is 42.5 Å². The van der Waals surface area contributed by atoms with Crippen LogP contribution in [-0.4, -0.2) is 26.2 Å². The SMILES string of the molecule is CCCc1cc(OC)c(OC(=O)OC)cc1C(=O)c1ccccc1. The van der Waals surface area contributed by atoms with Crippen molar-refractivity contribution in [1.29, 1.82) is 0 Å². The fourth-order valence-corrected chi connectivity index (χ4v) is 2.41. The van der Waals surface area contributed by atoms with E-state index in [0.29, 0.717) is 23.3 Å². The molecular weight excluding hydrogens is 308 g/mol. The number of aryl methyl sites for hydroxylation is 1. The first-order valence-corrected chi connectivity index (χ1v) is 7.67. The summed E-state index contributed by atoms with van der Waals surface area (Å²) in [4.78, 5) is 24.3. The van der Waals surface area contributed by atoms with Gasteiger partial charge in [0.05, 0.1) is 14.2 Å². The fraction of sp³-hybridized carbons (Fsp3) is 0.263. The van der Waals surface area contributed by atoms with Crippen LogP contribution in [0, 0.1) is 0 Å². The summed E-state index contributed by atoms with van der Waals surface area (Å²) in [6, 6.07) is 12.2. The molecule has 0 aliphatic carbocycles. The van der Waals surface area contributed by atoms with Gasteiger partial charge in [0.15, 0.2) is 17.3 Å². The van der Waals surface area contributed by atoms with Crippen molar-refractivity contribution >= 4 is 11.9 Å². The standard InChI is InChI=1S/C19H20O5/c1-4-8-14-11-16(22-2)17(24-19(21)23-3)12-15(14)18(20)13-9-6-5-7-10-13/h5-7,9-12H,4,8H2,1-3H3. The van der Waals surface area contributed by atoms with E-state index in [1.807, 2.05) is 25.1 Å². The summed E-state index contributed by atoms with van der Waals surface area (Å²) in [5.74, 6) is 0.411. The molecule has 2 aromatic rings. The Hall–Kier alpha value is -2.82. The molecule has 0 unspecified atom stereocenters. The molecule has 0 radical (unpaired) electrons. The van der Waals surface area contributed by atoms with Crippen molar-refractivity contribution in [1.82, 2.24) is 0 Å². The molecule has 2 aromatic carbocycles. The van der Waals surface area contributed by atoms with Gasteiger partial charge in [0, 0.05) is 11.1 Å². The van der Waals surface area contributed by atoms with Gasteiger partial charge in [-0.1, -0.05) is 43.7 Å². The topological polar surface area (TPSA) is 61.8 Å². The Balaban J connectivity index is 2.52. The lowest BCUT2D eigenvalue weighted by molar-refractivity contribution is 0.103. The second-order valence-electron chi connectivity index (χ2n) is 5.16. The molecule has 0 amide bonds. The van der Waals surface area contributed by atoms with Gasteiger partial charge in [-0.2, -0.15) is 0 Å². The second-order valence-corrected chi connectivity index (χ2v) is 5.16. The van der Waals surface area contributed by atoms with Crippen LogP contribution < -0.4 is 9.47 Å². The Morgan fingerprint density at radius 1 is 1.00 bits per heavy atom. The number of ketones is 1. The van der Waals surface area contributed by atoms with E-state index in [-0.39, 0.29) is 11.5 Å². The normalized spacial score (nSPS) is 10.1. The molecule has 126 valence electrons. The first-order chi connectivity index (χ1) is 11.6. The number of ether oxygens (including phenoxy) is 3. The zero-order valence-corrected chi connectivity index (χ0v) is 14.0. The van der Waals surface area contributed by atoms with E-state index < -0.39 is 6.16 Å². The Morgan fingerprint density at radius 3 is 2.29 bits per heavy atom. The van der Waals surface area contributed by atoms with Crippen LogP contribution in [0.25, 0.3) is 0 Å². The zero-order chi connectivity index (χ0) is 17.5. The van der Waals surface area contributed by atoms with Crippen LogP contribution in [0.4, 0.5) is 4.79 Å². The number of hydrogen-bond donors (Lipinski definition) is 0. The van der Waals surface area contributed by atoms with Crippen molar-refractivity contribution in [2.75, 3.05) is 14.2 Å². The van der Waals surface area contributed by atoms with Gasteiger partial charge in [-0.05, 0) is 24.1 Å². The van der Waals surface area contributed by atoms with Gasteiger partial charge in [0.2, 0.25) is 0 Å². The number of hydrogen-bond acceptors (Lipinski definition) is 5. The van der Waals surface area contributed by atoms with Crippen LogP contribution in [0.3, 0.4) is 0 Å². The van der Waals surface area contributed by atoms with Crippen molar-refractivity contribution in [2.45, 2.75) is 19.8 Å². The predicted octanol–water partition coefficient (Wildman–Crippen LogP) is 4.02. The summed E-state index contributed by atoms with van der Waals surface area (Å²) >= 11 is 0. The van der Waals surface area contributed by atoms with E-state index in [0.717, 1.165) is 12.0 Å². The molecule has 0 atom stereocenters. The highest BCUT2D eigenvalue weighted by atomic mass is 16.7. The van der Waals surface area contributed by atoms with Crippen molar-refractivity contribution in [2.24, 2.45) is 0 Å². The lowest BCUT2D eigenvalue weighted by Crippen LogP contribution is -2.11. The van der Waals surface area contributed by atoms with Crippen LogP contribution in [0.2, 0.25) is 0 Å². The maximum Gasteiger partial charge on any atom is 0.513 e. The third-order valence-electron chi connectivity index (χ3n) is 3.55.